The summed E-state index contributed by atoms with van der Waals surface area (Å²) in [5.74, 6) is -4.48. The van der Waals surface area contributed by atoms with Crippen LogP contribution in [0.2, 0.25) is 0 Å². The Bertz CT molecular complexity index is 1590. The second-order valence-corrected chi connectivity index (χ2v) is 11.2. The van der Waals surface area contributed by atoms with E-state index in [9.17, 15) is 41.0 Å². The molecule has 2 atom stereocenters. The van der Waals surface area contributed by atoms with Gasteiger partial charge in [0.2, 0.25) is 5.60 Å². The quantitative estimate of drug-likeness (QED) is 0.192. The molecule has 1 unspecified atom stereocenters. The van der Waals surface area contributed by atoms with Crippen molar-refractivity contribution in [3.05, 3.63) is 65.6 Å². The molecule has 0 saturated heterocycles. The van der Waals surface area contributed by atoms with Gasteiger partial charge in [-0.3, -0.25) is 5.32 Å². The van der Waals surface area contributed by atoms with E-state index in [2.05, 4.69) is 25.8 Å². The van der Waals surface area contributed by atoms with Gasteiger partial charge in [0, 0.05) is 0 Å². The molecule has 4 bridgehead atoms. The van der Waals surface area contributed by atoms with Crippen molar-refractivity contribution in [2.75, 3.05) is 10.6 Å². The van der Waals surface area contributed by atoms with Crippen LogP contribution in [-0.4, -0.2) is 50.2 Å². The number of aromatic nitrogens is 3. The van der Waals surface area contributed by atoms with Crippen molar-refractivity contribution in [1.29, 1.82) is 0 Å². The Labute approximate surface area is 258 Å². The molecule has 0 saturated carbocycles. The van der Waals surface area contributed by atoms with Crippen LogP contribution >= 0.6 is 0 Å². The van der Waals surface area contributed by atoms with Gasteiger partial charge in [0.05, 0.1) is 17.9 Å². The average Bonchev–Trinajstić information content (AvgIpc) is 3.42. The number of ether oxygens (including phenoxy) is 2. The maximum atomic E-state index is 14.9. The summed E-state index contributed by atoms with van der Waals surface area (Å²) in [6.45, 7) is 3.92. The lowest BCUT2D eigenvalue weighted by Gasteiger charge is -2.32. The number of carboxylic acids is 1. The number of hydrogen-bond donors (Lipinski definition) is 3. The van der Waals surface area contributed by atoms with Crippen LogP contribution in [0.15, 0.2) is 53.0 Å². The highest BCUT2D eigenvalue weighted by atomic mass is 19.4. The number of carboxylic acid groups (broad SMARTS) is 1. The summed E-state index contributed by atoms with van der Waals surface area (Å²) in [5.41, 5.74) is -6.84. The minimum atomic E-state index is -5.15. The zero-order valence-electron chi connectivity index (χ0n) is 24.6. The zero-order valence-corrected chi connectivity index (χ0v) is 24.6. The normalized spacial score (nSPS) is 19.8. The van der Waals surface area contributed by atoms with Crippen LogP contribution in [-0.2, 0) is 32.7 Å². The van der Waals surface area contributed by atoms with Crippen LogP contribution in [0.1, 0.15) is 57.1 Å². The first-order valence-electron chi connectivity index (χ1n) is 13.8. The van der Waals surface area contributed by atoms with Gasteiger partial charge in [-0.1, -0.05) is 42.5 Å². The summed E-state index contributed by atoms with van der Waals surface area (Å²) < 4.78 is 104. The fourth-order valence-electron chi connectivity index (χ4n) is 4.38. The van der Waals surface area contributed by atoms with Crippen LogP contribution < -0.4 is 10.6 Å². The van der Waals surface area contributed by atoms with E-state index >= 15 is 0 Å². The summed E-state index contributed by atoms with van der Waals surface area (Å²) in [7, 11) is 0. The van der Waals surface area contributed by atoms with E-state index in [1.54, 1.807) is 18.2 Å². The number of nitrogens with one attached hydrogen (secondary N) is 2. The minimum Gasteiger partial charge on any atom is -0.480 e. The van der Waals surface area contributed by atoms with Crippen molar-refractivity contribution in [1.82, 2.24) is 15.2 Å². The maximum Gasteiger partial charge on any atom is 0.426 e. The van der Waals surface area contributed by atoms with Crippen LogP contribution in [0, 0.1) is 0 Å². The highest BCUT2D eigenvalue weighted by Gasteiger charge is 2.61. The third-order valence-corrected chi connectivity index (χ3v) is 6.53. The molecule has 0 radical (unpaired) electrons. The van der Waals surface area contributed by atoms with Crippen LogP contribution in [0.5, 0.6) is 0 Å². The first-order valence-corrected chi connectivity index (χ1v) is 13.8. The van der Waals surface area contributed by atoms with Crippen LogP contribution in [0.25, 0.3) is 11.6 Å². The lowest BCUT2D eigenvalue weighted by atomic mass is 9.95. The molecule has 11 nitrogen and oxygen atoms in total. The molecular weight excluding hydrogens is 628 g/mol. The Morgan fingerprint density at radius 1 is 1.09 bits per heavy atom. The molecule has 3 heterocycles. The summed E-state index contributed by atoms with van der Waals surface area (Å²) in [5, 5.41) is 21.3. The number of carbonyl (C=O) groups is 2. The third kappa shape index (κ3) is 7.94. The summed E-state index contributed by atoms with van der Waals surface area (Å²) in [4.78, 5) is 28.4. The Kier molecular flexibility index (Phi) is 9.65. The first-order chi connectivity index (χ1) is 21.4. The van der Waals surface area contributed by atoms with Gasteiger partial charge in [-0.15, -0.1) is 10.2 Å². The molecule has 0 aliphatic carbocycles. The Morgan fingerprint density at radius 3 is 2.39 bits per heavy atom. The van der Waals surface area contributed by atoms with Gasteiger partial charge in [-0.05, 0) is 51.7 Å². The molecule has 1 amide bonds. The molecule has 46 heavy (non-hydrogen) atoms. The number of aliphatic carboxylic acids is 1. The molecule has 3 aromatic rings. The van der Waals surface area contributed by atoms with Gasteiger partial charge in [0.15, 0.2) is 5.69 Å². The van der Waals surface area contributed by atoms with Gasteiger partial charge in [0.1, 0.15) is 17.5 Å². The molecule has 0 fully saturated rings. The van der Waals surface area contributed by atoms with E-state index in [-0.39, 0.29) is 6.42 Å². The molecule has 1 aliphatic rings. The third-order valence-electron chi connectivity index (χ3n) is 6.53. The van der Waals surface area contributed by atoms with E-state index in [0.29, 0.717) is 11.6 Å². The summed E-state index contributed by atoms with van der Waals surface area (Å²) in [6.07, 6.45) is -10.6. The number of nitrogens with zero attached hydrogens (tertiary/aromatic N) is 3. The topological polar surface area (TPSA) is 149 Å². The molecular formula is C29H29F6N5O6. The number of alkyl halides is 6. The van der Waals surface area contributed by atoms with Gasteiger partial charge >= 0.3 is 24.4 Å². The number of amides is 1. The number of benzene rings is 1. The number of halogens is 6. The second kappa shape index (κ2) is 13.0. The fraction of sp³-hybridized carbons (Fsp3) is 0.414. The van der Waals surface area contributed by atoms with Crippen molar-refractivity contribution in [2.24, 2.45) is 0 Å². The number of pyridine rings is 1. The van der Waals surface area contributed by atoms with E-state index in [0.717, 1.165) is 0 Å². The van der Waals surface area contributed by atoms with Crippen molar-refractivity contribution in [3.63, 3.8) is 0 Å². The Balaban J connectivity index is 1.94. The predicted octanol–water partition coefficient (Wildman–Crippen LogP) is 7.08. The SMILES string of the molecule is CC(C)(C)OC(=O)Nc1cc(C(F)(F)F)c2nc1-c1nnc(o1)[C@@](OCc1ccccc1)(C(F)(F)F)CC/C=C\CC(C(=O)O)N2. The molecule has 248 valence electrons. The Morgan fingerprint density at radius 2 is 1.78 bits per heavy atom. The largest absolute Gasteiger partial charge is 0.480 e. The van der Waals surface area contributed by atoms with Crippen molar-refractivity contribution in [2.45, 2.75) is 76.2 Å². The minimum absolute atomic E-state index is 0.332. The number of hydrogen-bond acceptors (Lipinski definition) is 9. The summed E-state index contributed by atoms with van der Waals surface area (Å²) in [6, 6.07) is 6.64. The smallest absolute Gasteiger partial charge is 0.426 e. The molecule has 1 aromatic carbocycles. The van der Waals surface area contributed by atoms with Crippen LogP contribution in [0.4, 0.5) is 42.6 Å². The highest BCUT2D eigenvalue weighted by molar-refractivity contribution is 5.90. The standard InChI is InChI=1S/C29H29F6N5O6/c1-26(2,3)46-25(43)37-19-14-17(28(30,31)32)21-36-18(23(41)42)12-8-5-9-13-27(29(33,34)35,44-15-16-10-6-4-7-11-16)24-40-39-22(45-24)20(19)38-21/h4-8,10-11,14,18H,9,12-13,15H2,1-3H3,(H,36,38)(H,37,43)(H,41,42)/b8-5-/t18?,27-/m1/s1. The number of rotatable bonds is 5. The summed E-state index contributed by atoms with van der Waals surface area (Å²) >= 11 is 0. The molecule has 4 rings (SSSR count). The number of anilines is 2. The van der Waals surface area contributed by atoms with E-state index in [4.69, 9.17) is 13.9 Å². The zero-order chi connectivity index (χ0) is 33.9. The first kappa shape index (κ1) is 34.2. The van der Waals surface area contributed by atoms with E-state index in [1.165, 1.54) is 45.1 Å². The maximum absolute atomic E-state index is 14.9. The van der Waals surface area contributed by atoms with E-state index in [1.807, 2.05) is 0 Å². The molecule has 0 spiro atoms. The molecule has 17 heteroatoms. The fourth-order valence-corrected chi connectivity index (χ4v) is 4.38. The van der Waals surface area contributed by atoms with Crippen LogP contribution in [0.3, 0.4) is 0 Å². The lowest BCUT2D eigenvalue weighted by Crippen LogP contribution is -2.45. The highest BCUT2D eigenvalue weighted by Crippen LogP contribution is 2.47. The van der Waals surface area contributed by atoms with Crippen molar-refractivity contribution in [3.8, 4) is 11.6 Å². The van der Waals surface area contributed by atoms with Gasteiger partial charge in [0.25, 0.3) is 11.8 Å². The van der Waals surface area contributed by atoms with Gasteiger partial charge < -0.3 is 24.3 Å². The monoisotopic (exact) mass is 657 g/mol. The average molecular weight is 658 g/mol. The lowest BCUT2D eigenvalue weighted by molar-refractivity contribution is -0.299. The molecule has 3 N–H and O–H groups in total. The molecule has 2 aromatic heterocycles. The van der Waals surface area contributed by atoms with E-state index < -0.39 is 95.7 Å². The number of fused-ring (bicyclic) bond motifs is 5. The second-order valence-electron chi connectivity index (χ2n) is 11.2. The predicted molar refractivity (Wildman–Crippen MR) is 149 cm³/mol. The number of allylic oxidation sites excluding steroid dienone is 1. The Hall–Kier alpha value is -4.67. The van der Waals surface area contributed by atoms with Crippen molar-refractivity contribution < 1.29 is 54.9 Å². The van der Waals surface area contributed by atoms with Gasteiger partial charge in [-0.2, -0.15) is 26.3 Å². The number of carbonyl (C=O) groups excluding carboxylic acids is 1. The molecule has 1 aliphatic heterocycles. The van der Waals surface area contributed by atoms with Crippen molar-refractivity contribution >= 4 is 23.6 Å². The van der Waals surface area contributed by atoms with Gasteiger partial charge in [-0.25, -0.2) is 14.6 Å².